The van der Waals surface area contributed by atoms with Gasteiger partial charge < -0.3 is 10.6 Å². The van der Waals surface area contributed by atoms with Gasteiger partial charge in [0.1, 0.15) is 5.82 Å². The molecule has 0 saturated heterocycles. The molecule has 0 radical (unpaired) electrons. The maximum Gasteiger partial charge on any atom is 0.221 e. The highest BCUT2D eigenvalue weighted by molar-refractivity contribution is 5.42. The van der Waals surface area contributed by atoms with Crippen molar-refractivity contribution in [1.82, 2.24) is 9.97 Å². The van der Waals surface area contributed by atoms with E-state index in [1.807, 2.05) is 6.07 Å². The number of rotatable bonds is 6. The van der Waals surface area contributed by atoms with Crippen molar-refractivity contribution in [3.8, 4) is 0 Å². The largest absolute Gasteiger partial charge is 0.368 e. The molecule has 4 heteroatoms. The monoisotopic (exact) mass is 236 g/mol. The minimum absolute atomic E-state index is 0.349. The van der Waals surface area contributed by atoms with Crippen LogP contribution in [0, 0.1) is 5.92 Å². The second-order valence-corrected chi connectivity index (χ2v) is 4.79. The molecular weight excluding hydrogens is 212 g/mol. The molecule has 0 bridgehead atoms. The summed E-state index contributed by atoms with van der Waals surface area (Å²) in [7, 11) is 0. The standard InChI is InChI=1S/C13H24N4/c1-5-11(6-2)17(9-10(3)4)12-7-8-15-13(14)16-12/h7-8,10-11H,5-6,9H2,1-4H3,(H2,14,15,16). The molecule has 0 aliphatic rings. The highest BCUT2D eigenvalue weighted by Gasteiger charge is 2.18. The fourth-order valence-electron chi connectivity index (χ4n) is 2.08. The zero-order chi connectivity index (χ0) is 12.8. The van der Waals surface area contributed by atoms with Crippen molar-refractivity contribution >= 4 is 11.8 Å². The maximum atomic E-state index is 5.66. The molecule has 1 aromatic rings. The maximum absolute atomic E-state index is 5.66. The quantitative estimate of drug-likeness (QED) is 0.825. The van der Waals surface area contributed by atoms with Crippen LogP contribution in [0.15, 0.2) is 12.3 Å². The number of nitrogens with two attached hydrogens (primary N) is 1. The van der Waals surface area contributed by atoms with E-state index in [0.29, 0.717) is 17.9 Å². The van der Waals surface area contributed by atoms with Crippen LogP contribution in [0.1, 0.15) is 40.5 Å². The van der Waals surface area contributed by atoms with Gasteiger partial charge in [0.15, 0.2) is 0 Å². The molecule has 0 amide bonds. The van der Waals surface area contributed by atoms with E-state index in [2.05, 4.69) is 42.6 Å². The molecule has 1 aromatic heterocycles. The van der Waals surface area contributed by atoms with Gasteiger partial charge in [-0.15, -0.1) is 0 Å². The van der Waals surface area contributed by atoms with Gasteiger partial charge in [-0.3, -0.25) is 0 Å². The summed E-state index contributed by atoms with van der Waals surface area (Å²) in [5.41, 5.74) is 5.66. The highest BCUT2D eigenvalue weighted by Crippen LogP contribution is 2.20. The lowest BCUT2D eigenvalue weighted by atomic mass is 10.1. The Balaban J connectivity index is 2.96. The number of nitrogens with zero attached hydrogens (tertiary/aromatic N) is 3. The number of aromatic nitrogens is 2. The van der Waals surface area contributed by atoms with Crippen molar-refractivity contribution in [3.05, 3.63) is 12.3 Å². The SMILES string of the molecule is CCC(CC)N(CC(C)C)c1ccnc(N)n1. The van der Waals surface area contributed by atoms with Gasteiger partial charge in [0, 0.05) is 18.8 Å². The molecule has 4 nitrogen and oxygen atoms in total. The first-order valence-corrected chi connectivity index (χ1v) is 6.43. The summed E-state index contributed by atoms with van der Waals surface area (Å²) >= 11 is 0. The third-order valence-electron chi connectivity index (χ3n) is 2.90. The molecular formula is C13H24N4. The summed E-state index contributed by atoms with van der Waals surface area (Å²) in [6.45, 7) is 9.88. The molecule has 2 N–H and O–H groups in total. The van der Waals surface area contributed by atoms with Gasteiger partial charge >= 0.3 is 0 Å². The van der Waals surface area contributed by atoms with Crippen molar-refractivity contribution in [2.75, 3.05) is 17.2 Å². The van der Waals surface area contributed by atoms with E-state index in [1.54, 1.807) is 6.20 Å². The van der Waals surface area contributed by atoms with E-state index in [-0.39, 0.29) is 0 Å². The van der Waals surface area contributed by atoms with E-state index < -0.39 is 0 Å². The Kier molecular flexibility index (Phi) is 5.19. The lowest BCUT2D eigenvalue weighted by molar-refractivity contribution is 0.503. The van der Waals surface area contributed by atoms with Crippen LogP contribution in [-0.4, -0.2) is 22.6 Å². The van der Waals surface area contributed by atoms with Crippen LogP contribution >= 0.6 is 0 Å². The van der Waals surface area contributed by atoms with E-state index in [1.165, 1.54) is 0 Å². The fourth-order valence-corrected chi connectivity index (χ4v) is 2.08. The molecule has 17 heavy (non-hydrogen) atoms. The van der Waals surface area contributed by atoms with Crippen molar-refractivity contribution < 1.29 is 0 Å². The molecule has 0 atom stereocenters. The van der Waals surface area contributed by atoms with Gasteiger partial charge in [-0.25, -0.2) is 4.98 Å². The highest BCUT2D eigenvalue weighted by atomic mass is 15.2. The molecule has 0 spiro atoms. The number of hydrogen-bond donors (Lipinski definition) is 1. The Morgan fingerprint density at radius 2 is 1.94 bits per heavy atom. The van der Waals surface area contributed by atoms with Crippen LogP contribution in [0.25, 0.3) is 0 Å². The average Bonchev–Trinajstić information content (AvgIpc) is 2.29. The van der Waals surface area contributed by atoms with Crippen LogP contribution in [0.5, 0.6) is 0 Å². The van der Waals surface area contributed by atoms with Gasteiger partial charge in [-0.05, 0) is 24.8 Å². The Bertz CT molecular complexity index is 334. The third-order valence-corrected chi connectivity index (χ3v) is 2.90. The first kappa shape index (κ1) is 13.7. The van der Waals surface area contributed by atoms with Crippen molar-refractivity contribution in [2.24, 2.45) is 5.92 Å². The van der Waals surface area contributed by atoms with Crippen molar-refractivity contribution in [1.29, 1.82) is 0 Å². The minimum atomic E-state index is 0.349. The molecule has 0 aliphatic heterocycles. The van der Waals surface area contributed by atoms with Crippen molar-refractivity contribution in [2.45, 2.75) is 46.6 Å². The molecule has 96 valence electrons. The summed E-state index contributed by atoms with van der Waals surface area (Å²) < 4.78 is 0. The predicted molar refractivity (Wildman–Crippen MR) is 73.0 cm³/mol. The Hall–Kier alpha value is -1.32. The van der Waals surface area contributed by atoms with E-state index in [0.717, 1.165) is 25.2 Å². The van der Waals surface area contributed by atoms with E-state index in [9.17, 15) is 0 Å². The van der Waals surface area contributed by atoms with Gasteiger partial charge in [0.05, 0.1) is 0 Å². The second-order valence-electron chi connectivity index (χ2n) is 4.79. The van der Waals surface area contributed by atoms with Gasteiger partial charge in [-0.1, -0.05) is 27.7 Å². The smallest absolute Gasteiger partial charge is 0.221 e. The Morgan fingerprint density at radius 3 is 2.41 bits per heavy atom. The molecule has 0 aromatic carbocycles. The third kappa shape index (κ3) is 3.88. The van der Waals surface area contributed by atoms with Crippen LogP contribution in [0.3, 0.4) is 0 Å². The molecule has 1 rings (SSSR count). The lowest BCUT2D eigenvalue weighted by Gasteiger charge is -2.33. The summed E-state index contributed by atoms with van der Waals surface area (Å²) in [4.78, 5) is 10.6. The zero-order valence-electron chi connectivity index (χ0n) is 11.3. The van der Waals surface area contributed by atoms with Crippen LogP contribution < -0.4 is 10.6 Å². The van der Waals surface area contributed by atoms with Gasteiger partial charge in [0.2, 0.25) is 5.95 Å². The minimum Gasteiger partial charge on any atom is -0.368 e. The van der Waals surface area contributed by atoms with Gasteiger partial charge in [-0.2, -0.15) is 4.98 Å². The van der Waals surface area contributed by atoms with E-state index in [4.69, 9.17) is 5.73 Å². The molecule has 0 aliphatic carbocycles. The molecule has 0 fully saturated rings. The first-order valence-electron chi connectivity index (χ1n) is 6.43. The summed E-state index contributed by atoms with van der Waals surface area (Å²) in [5.74, 6) is 1.90. The summed E-state index contributed by atoms with van der Waals surface area (Å²) in [6, 6.07) is 2.46. The number of hydrogen-bond acceptors (Lipinski definition) is 4. The Labute approximate surface area is 104 Å². The fraction of sp³-hybridized carbons (Fsp3) is 0.692. The summed E-state index contributed by atoms with van der Waals surface area (Å²) in [6.07, 6.45) is 3.97. The number of anilines is 2. The summed E-state index contributed by atoms with van der Waals surface area (Å²) in [5, 5.41) is 0. The Morgan fingerprint density at radius 1 is 1.29 bits per heavy atom. The van der Waals surface area contributed by atoms with Gasteiger partial charge in [0.25, 0.3) is 0 Å². The zero-order valence-corrected chi connectivity index (χ0v) is 11.3. The normalized spacial score (nSPS) is 11.2. The average molecular weight is 236 g/mol. The second kappa shape index (κ2) is 6.42. The van der Waals surface area contributed by atoms with E-state index >= 15 is 0 Å². The predicted octanol–water partition coefficient (Wildman–Crippen LogP) is 2.71. The lowest BCUT2D eigenvalue weighted by Crippen LogP contribution is -2.38. The van der Waals surface area contributed by atoms with Crippen LogP contribution in [0.4, 0.5) is 11.8 Å². The first-order chi connectivity index (χ1) is 8.08. The molecule has 0 unspecified atom stereocenters. The van der Waals surface area contributed by atoms with Crippen LogP contribution in [-0.2, 0) is 0 Å². The topological polar surface area (TPSA) is 55.0 Å². The van der Waals surface area contributed by atoms with Crippen molar-refractivity contribution in [3.63, 3.8) is 0 Å². The van der Waals surface area contributed by atoms with Crippen LogP contribution in [0.2, 0.25) is 0 Å². The number of nitrogen functional groups attached to an aromatic ring is 1. The molecule has 1 heterocycles. The molecule has 0 saturated carbocycles.